The van der Waals surface area contributed by atoms with Crippen LogP contribution in [-0.2, 0) is 9.53 Å². The molecule has 1 fully saturated rings. The maximum absolute atomic E-state index is 13.2. The van der Waals surface area contributed by atoms with Crippen molar-refractivity contribution in [3.8, 4) is 5.75 Å². The second-order valence-electron chi connectivity index (χ2n) is 7.71. The highest BCUT2D eigenvalue weighted by Crippen LogP contribution is 2.25. The number of nitrogens with one attached hydrogen (secondary N) is 1. The third-order valence-corrected chi connectivity index (χ3v) is 5.22. The number of ether oxygens (including phenoxy) is 2. The summed E-state index contributed by atoms with van der Waals surface area (Å²) in [6.45, 7) is 6.33. The van der Waals surface area contributed by atoms with Crippen molar-refractivity contribution in [3.63, 3.8) is 0 Å². The highest BCUT2D eigenvalue weighted by atomic mass is 19.1. The van der Waals surface area contributed by atoms with E-state index >= 15 is 0 Å². The summed E-state index contributed by atoms with van der Waals surface area (Å²) in [5.41, 5.74) is 1.98. The van der Waals surface area contributed by atoms with Crippen LogP contribution in [0.2, 0.25) is 0 Å². The molecule has 0 spiro atoms. The fourth-order valence-electron chi connectivity index (χ4n) is 3.59. The zero-order valence-electron chi connectivity index (χ0n) is 17.2. The molecule has 2 unspecified atom stereocenters. The van der Waals surface area contributed by atoms with Crippen LogP contribution in [0.25, 0.3) is 0 Å². The number of amides is 1. The van der Waals surface area contributed by atoms with E-state index in [0.717, 1.165) is 16.9 Å². The summed E-state index contributed by atoms with van der Waals surface area (Å²) in [6.07, 6.45) is -0.153. The maximum Gasteiger partial charge on any atom is 0.234 e. The van der Waals surface area contributed by atoms with Gasteiger partial charge in [0.1, 0.15) is 11.6 Å². The molecule has 2 aromatic carbocycles. The Morgan fingerprint density at radius 2 is 1.90 bits per heavy atom. The molecule has 5 nitrogen and oxygen atoms in total. The minimum Gasteiger partial charge on any atom is -0.497 e. The van der Waals surface area contributed by atoms with Gasteiger partial charge in [-0.15, -0.1) is 0 Å². The number of rotatable bonds is 7. The van der Waals surface area contributed by atoms with Crippen molar-refractivity contribution >= 4 is 5.91 Å². The third-order valence-electron chi connectivity index (χ3n) is 5.22. The summed E-state index contributed by atoms with van der Waals surface area (Å²) in [5, 5.41) is 3.17. The van der Waals surface area contributed by atoms with Crippen molar-refractivity contribution in [1.82, 2.24) is 10.2 Å². The van der Waals surface area contributed by atoms with Crippen LogP contribution in [0.15, 0.2) is 48.5 Å². The summed E-state index contributed by atoms with van der Waals surface area (Å²) in [7, 11) is 1.64. The molecule has 1 aliphatic heterocycles. The Hall–Kier alpha value is -2.44. The molecule has 156 valence electrons. The summed E-state index contributed by atoms with van der Waals surface area (Å²) >= 11 is 0. The van der Waals surface area contributed by atoms with E-state index in [0.29, 0.717) is 26.2 Å². The van der Waals surface area contributed by atoms with Gasteiger partial charge < -0.3 is 14.8 Å². The van der Waals surface area contributed by atoms with E-state index in [1.54, 1.807) is 19.2 Å². The van der Waals surface area contributed by atoms with Gasteiger partial charge in [-0.3, -0.25) is 9.69 Å². The standard InChI is InChI=1S/C23H29FN2O3/c1-16(2)23(18-6-10-20(28-3)11-7-18)25-22(27)15-26-12-13-29-21(14-26)17-4-8-19(24)9-5-17/h4-11,16,21,23H,12-15H2,1-3H3,(H,25,27). The Morgan fingerprint density at radius 1 is 1.21 bits per heavy atom. The number of benzene rings is 2. The smallest absolute Gasteiger partial charge is 0.234 e. The van der Waals surface area contributed by atoms with Gasteiger partial charge in [0.2, 0.25) is 5.91 Å². The van der Waals surface area contributed by atoms with Crippen LogP contribution < -0.4 is 10.1 Å². The zero-order valence-corrected chi connectivity index (χ0v) is 17.2. The number of carbonyl (C=O) groups excluding carboxylic acids is 1. The van der Waals surface area contributed by atoms with E-state index in [4.69, 9.17) is 9.47 Å². The molecule has 0 radical (unpaired) electrons. The number of nitrogens with zero attached hydrogens (tertiary/aromatic N) is 1. The Morgan fingerprint density at radius 3 is 2.52 bits per heavy atom. The number of halogens is 1. The Kier molecular flexibility index (Phi) is 7.23. The van der Waals surface area contributed by atoms with E-state index < -0.39 is 0 Å². The van der Waals surface area contributed by atoms with Gasteiger partial charge in [0.15, 0.2) is 0 Å². The molecule has 1 saturated heterocycles. The van der Waals surface area contributed by atoms with Gasteiger partial charge in [-0.2, -0.15) is 0 Å². The molecule has 1 amide bonds. The number of morpholine rings is 1. The molecule has 0 saturated carbocycles. The lowest BCUT2D eigenvalue weighted by molar-refractivity contribution is -0.125. The van der Waals surface area contributed by atoms with Crippen LogP contribution in [0, 0.1) is 11.7 Å². The van der Waals surface area contributed by atoms with E-state index in [1.165, 1.54) is 12.1 Å². The highest BCUT2D eigenvalue weighted by molar-refractivity contribution is 5.78. The minimum absolute atomic E-state index is 0.0146. The summed E-state index contributed by atoms with van der Waals surface area (Å²) in [5.74, 6) is 0.769. The molecular formula is C23H29FN2O3. The molecule has 0 bridgehead atoms. The zero-order chi connectivity index (χ0) is 20.8. The van der Waals surface area contributed by atoms with Crippen LogP contribution in [-0.4, -0.2) is 44.2 Å². The molecule has 2 aromatic rings. The van der Waals surface area contributed by atoms with Crippen LogP contribution in [0.1, 0.15) is 37.1 Å². The van der Waals surface area contributed by atoms with Crippen molar-refractivity contribution in [2.75, 3.05) is 33.4 Å². The first-order valence-corrected chi connectivity index (χ1v) is 9.99. The molecule has 1 aliphatic rings. The summed E-state index contributed by atoms with van der Waals surface area (Å²) < 4.78 is 24.2. The quantitative estimate of drug-likeness (QED) is 0.770. The fraction of sp³-hybridized carbons (Fsp3) is 0.435. The van der Waals surface area contributed by atoms with Gasteiger partial charge in [-0.05, 0) is 41.3 Å². The van der Waals surface area contributed by atoms with E-state index in [1.807, 2.05) is 24.3 Å². The molecule has 0 aliphatic carbocycles. The second-order valence-corrected chi connectivity index (χ2v) is 7.71. The van der Waals surface area contributed by atoms with Crippen LogP contribution >= 0.6 is 0 Å². The largest absolute Gasteiger partial charge is 0.497 e. The van der Waals surface area contributed by atoms with Crippen molar-refractivity contribution in [2.45, 2.75) is 26.0 Å². The normalized spacial score (nSPS) is 18.4. The van der Waals surface area contributed by atoms with E-state index in [2.05, 4.69) is 24.1 Å². The second kappa shape index (κ2) is 9.85. The average molecular weight is 400 g/mol. The Balaban J connectivity index is 1.59. The molecular weight excluding hydrogens is 371 g/mol. The number of methoxy groups -OCH3 is 1. The molecule has 1 N–H and O–H groups in total. The molecule has 0 aromatic heterocycles. The van der Waals surface area contributed by atoms with Crippen molar-refractivity contribution in [1.29, 1.82) is 0 Å². The van der Waals surface area contributed by atoms with Gasteiger partial charge >= 0.3 is 0 Å². The Bertz CT molecular complexity index is 793. The molecule has 3 rings (SSSR count). The maximum atomic E-state index is 13.2. The van der Waals surface area contributed by atoms with Crippen molar-refractivity contribution in [2.24, 2.45) is 5.92 Å². The number of carbonyl (C=O) groups is 1. The predicted molar refractivity (Wildman–Crippen MR) is 110 cm³/mol. The minimum atomic E-state index is -0.265. The molecule has 29 heavy (non-hydrogen) atoms. The first-order valence-electron chi connectivity index (χ1n) is 9.99. The van der Waals surface area contributed by atoms with E-state index in [9.17, 15) is 9.18 Å². The van der Waals surface area contributed by atoms with Crippen molar-refractivity contribution in [3.05, 3.63) is 65.5 Å². The SMILES string of the molecule is COc1ccc(C(NC(=O)CN2CCOC(c3ccc(F)cc3)C2)C(C)C)cc1. The first-order chi connectivity index (χ1) is 14.0. The van der Waals surface area contributed by atoms with Gasteiger partial charge in [-0.1, -0.05) is 38.1 Å². The fourth-order valence-corrected chi connectivity index (χ4v) is 3.59. The topological polar surface area (TPSA) is 50.8 Å². The molecule has 6 heteroatoms. The molecule has 1 heterocycles. The van der Waals surface area contributed by atoms with Crippen LogP contribution in [0.4, 0.5) is 4.39 Å². The lowest BCUT2D eigenvalue weighted by Crippen LogP contribution is -2.45. The average Bonchev–Trinajstić information content (AvgIpc) is 2.72. The lowest BCUT2D eigenvalue weighted by atomic mass is 9.96. The lowest BCUT2D eigenvalue weighted by Gasteiger charge is -2.33. The summed E-state index contributed by atoms with van der Waals surface area (Å²) in [4.78, 5) is 14.8. The number of hydrogen-bond donors (Lipinski definition) is 1. The van der Waals surface area contributed by atoms with Crippen LogP contribution in [0.5, 0.6) is 5.75 Å². The van der Waals surface area contributed by atoms with Crippen LogP contribution in [0.3, 0.4) is 0 Å². The highest BCUT2D eigenvalue weighted by Gasteiger charge is 2.25. The van der Waals surface area contributed by atoms with Gasteiger partial charge in [-0.25, -0.2) is 4.39 Å². The van der Waals surface area contributed by atoms with Gasteiger partial charge in [0, 0.05) is 13.1 Å². The van der Waals surface area contributed by atoms with Crippen molar-refractivity contribution < 1.29 is 18.7 Å². The summed E-state index contributed by atoms with van der Waals surface area (Å²) in [6, 6.07) is 14.1. The third kappa shape index (κ3) is 5.78. The van der Waals surface area contributed by atoms with E-state index in [-0.39, 0.29) is 29.8 Å². The number of hydrogen-bond acceptors (Lipinski definition) is 4. The Labute approximate surface area is 171 Å². The predicted octanol–water partition coefficient (Wildman–Crippen LogP) is 3.72. The monoisotopic (exact) mass is 400 g/mol. The molecule has 2 atom stereocenters. The van der Waals surface area contributed by atoms with Gasteiger partial charge in [0.05, 0.1) is 32.4 Å². The van der Waals surface area contributed by atoms with Gasteiger partial charge in [0.25, 0.3) is 0 Å². The first kappa shape index (κ1) is 21.3.